The van der Waals surface area contributed by atoms with Crippen molar-refractivity contribution in [3.63, 3.8) is 0 Å². The van der Waals surface area contributed by atoms with E-state index in [1.807, 2.05) is 48.5 Å². The number of hydrogen-bond acceptors (Lipinski definition) is 10. The highest BCUT2D eigenvalue weighted by atomic mass is 16.6. The van der Waals surface area contributed by atoms with Crippen LogP contribution in [0.3, 0.4) is 0 Å². The van der Waals surface area contributed by atoms with Crippen molar-refractivity contribution in [2.24, 2.45) is 0 Å². The van der Waals surface area contributed by atoms with Gasteiger partial charge in [-0.2, -0.15) is 0 Å². The molecule has 2 aliphatic rings. The maximum Gasteiger partial charge on any atom is 0.307 e. The van der Waals surface area contributed by atoms with E-state index in [0.29, 0.717) is 37.1 Å². The van der Waals surface area contributed by atoms with Crippen molar-refractivity contribution in [1.82, 2.24) is 9.80 Å². The van der Waals surface area contributed by atoms with E-state index in [1.54, 1.807) is 0 Å². The van der Waals surface area contributed by atoms with E-state index in [4.69, 9.17) is 9.47 Å². The van der Waals surface area contributed by atoms with Crippen molar-refractivity contribution in [1.29, 1.82) is 0 Å². The second-order valence-electron chi connectivity index (χ2n) is 10.0. The normalized spacial score (nSPS) is 16.4. The van der Waals surface area contributed by atoms with Crippen LogP contribution < -0.4 is 9.80 Å². The first-order valence-corrected chi connectivity index (χ1v) is 13.9. The van der Waals surface area contributed by atoms with Crippen LogP contribution in [0.15, 0.2) is 48.5 Å². The summed E-state index contributed by atoms with van der Waals surface area (Å²) in [6.45, 7) is 8.24. The average molecular weight is 551 g/mol. The SMILES string of the molecule is O=Cc1ccc(N2CCN(CCC(=O)OCCOC(=O)CCN3CCN(c4ccc(C=O)cc4)CC3)CC2)cc1. The van der Waals surface area contributed by atoms with Gasteiger partial charge in [-0.3, -0.25) is 29.0 Å². The predicted molar refractivity (Wildman–Crippen MR) is 152 cm³/mol. The molecule has 2 aromatic rings. The molecule has 2 saturated heterocycles. The topological polar surface area (TPSA) is 99.7 Å². The molecule has 10 nitrogen and oxygen atoms in total. The predicted octanol–water partition coefficient (Wildman–Crippen LogP) is 2.12. The molecule has 214 valence electrons. The van der Waals surface area contributed by atoms with Crippen LogP contribution in [0.2, 0.25) is 0 Å². The molecule has 40 heavy (non-hydrogen) atoms. The van der Waals surface area contributed by atoms with Gasteiger partial charge in [0, 0.05) is 87.9 Å². The lowest BCUT2D eigenvalue weighted by Crippen LogP contribution is -2.47. The van der Waals surface area contributed by atoms with E-state index in [-0.39, 0.29) is 25.2 Å². The average Bonchev–Trinajstić information content (AvgIpc) is 3.01. The number of piperazine rings is 2. The zero-order chi connectivity index (χ0) is 28.2. The van der Waals surface area contributed by atoms with Crippen LogP contribution in [0.4, 0.5) is 11.4 Å². The van der Waals surface area contributed by atoms with Gasteiger partial charge in [0.1, 0.15) is 25.8 Å². The lowest BCUT2D eigenvalue weighted by Gasteiger charge is -2.36. The summed E-state index contributed by atoms with van der Waals surface area (Å²) in [4.78, 5) is 54.9. The summed E-state index contributed by atoms with van der Waals surface area (Å²) in [5.41, 5.74) is 3.53. The van der Waals surface area contributed by atoms with Gasteiger partial charge in [-0.05, 0) is 48.5 Å². The maximum absolute atomic E-state index is 12.1. The minimum absolute atomic E-state index is 0.0662. The summed E-state index contributed by atoms with van der Waals surface area (Å²) in [6, 6.07) is 15.1. The Morgan fingerprint density at radius 3 is 1.25 bits per heavy atom. The summed E-state index contributed by atoms with van der Waals surface area (Å²) >= 11 is 0. The van der Waals surface area contributed by atoms with Crippen LogP contribution in [0.25, 0.3) is 0 Å². The summed E-state index contributed by atoms with van der Waals surface area (Å²) in [5, 5.41) is 0. The Bertz CT molecular complexity index is 1020. The van der Waals surface area contributed by atoms with Crippen molar-refractivity contribution in [2.45, 2.75) is 12.8 Å². The van der Waals surface area contributed by atoms with Gasteiger partial charge < -0.3 is 19.3 Å². The molecule has 2 aliphatic heterocycles. The van der Waals surface area contributed by atoms with Gasteiger partial charge in [-0.15, -0.1) is 0 Å². The number of carbonyl (C=O) groups excluding carboxylic acids is 4. The summed E-state index contributed by atoms with van der Waals surface area (Å²) in [6.07, 6.45) is 2.29. The molecule has 0 bridgehead atoms. The first-order chi connectivity index (χ1) is 19.5. The largest absolute Gasteiger partial charge is 0.462 e. The van der Waals surface area contributed by atoms with Crippen molar-refractivity contribution >= 4 is 35.9 Å². The van der Waals surface area contributed by atoms with Crippen molar-refractivity contribution in [2.75, 3.05) is 88.5 Å². The summed E-state index contributed by atoms with van der Waals surface area (Å²) in [7, 11) is 0. The van der Waals surface area contributed by atoms with Gasteiger partial charge in [-0.25, -0.2) is 0 Å². The van der Waals surface area contributed by atoms with E-state index in [1.165, 1.54) is 0 Å². The Morgan fingerprint density at radius 1 is 0.575 bits per heavy atom. The molecule has 0 N–H and O–H groups in total. The fourth-order valence-electron chi connectivity index (χ4n) is 4.94. The highest BCUT2D eigenvalue weighted by Crippen LogP contribution is 2.18. The van der Waals surface area contributed by atoms with Crippen molar-refractivity contribution in [3.05, 3.63) is 59.7 Å². The molecule has 2 fully saturated rings. The third kappa shape index (κ3) is 8.89. The number of esters is 2. The van der Waals surface area contributed by atoms with Crippen LogP contribution in [0, 0.1) is 0 Å². The third-order valence-corrected chi connectivity index (χ3v) is 7.41. The van der Waals surface area contributed by atoms with Gasteiger partial charge in [-0.1, -0.05) is 0 Å². The lowest BCUT2D eigenvalue weighted by atomic mass is 10.2. The number of aldehydes is 2. The molecule has 0 saturated carbocycles. The number of hydrogen-bond donors (Lipinski definition) is 0. The second-order valence-corrected chi connectivity index (χ2v) is 10.0. The Morgan fingerprint density at radius 2 is 0.925 bits per heavy atom. The van der Waals surface area contributed by atoms with Gasteiger partial charge >= 0.3 is 11.9 Å². The maximum atomic E-state index is 12.1. The van der Waals surface area contributed by atoms with E-state index < -0.39 is 0 Å². The van der Waals surface area contributed by atoms with E-state index in [9.17, 15) is 19.2 Å². The molecule has 0 unspecified atom stereocenters. The molecule has 0 atom stereocenters. The van der Waals surface area contributed by atoms with Crippen LogP contribution in [0.5, 0.6) is 0 Å². The Hall–Kier alpha value is -3.76. The Kier molecular flexibility index (Phi) is 11.1. The smallest absolute Gasteiger partial charge is 0.307 e. The number of benzene rings is 2. The second kappa shape index (κ2) is 15.1. The molecule has 0 radical (unpaired) electrons. The fraction of sp³-hybridized carbons (Fsp3) is 0.467. The number of carbonyl (C=O) groups is 4. The zero-order valence-electron chi connectivity index (χ0n) is 22.9. The van der Waals surface area contributed by atoms with Gasteiger partial charge in [0.15, 0.2) is 0 Å². The first-order valence-electron chi connectivity index (χ1n) is 13.9. The molecule has 2 aromatic carbocycles. The molecule has 10 heteroatoms. The Balaban J connectivity index is 1.01. The van der Waals surface area contributed by atoms with Crippen LogP contribution in [-0.4, -0.2) is 113 Å². The van der Waals surface area contributed by atoms with E-state index in [0.717, 1.165) is 76.3 Å². The van der Waals surface area contributed by atoms with Crippen molar-refractivity contribution in [3.8, 4) is 0 Å². The van der Waals surface area contributed by atoms with Crippen molar-refractivity contribution < 1.29 is 28.7 Å². The minimum atomic E-state index is -0.290. The van der Waals surface area contributed by atoms with Crippen LogP contribution in [-0.2, 0) is 19.1 Å². The number of ether oxygens (including phenoxy) is 2. The minimum Gasteiger partial charge on any atom is -0.462 e. The molecule has 0 aliphatic carbocycles. The first kappa shape index (κ1) is 29.2. The molecule has 0 spiro atoms. The lowest BCUT2D eigenvalue weighted by molar-refractivity contribution is -0.152. The third-order valence-electron chi connectivity index (χ3n) is 7.41. The Labute approximate surface area is 235 Å². The summed E-state index contributed by atoms with van der Waals surface area (Å²) in [5.74, 6) is -0.580. The molecule has 2 heterocycles. The fourth-order valence-corrected chi connectivity index (χ4v) is 4.94. The molecule has 0 aromatic heterocycles. The molecule has 4 rings (SSSR count). The standard InChI is InChI=1S/C30H38N4O6/c35-23-25-1-5-27(6-2-25)33-17-13-31(14-18-33)11-9-29(37)39-21-22-40-30(38)10-12-32-15-19-34(20-16-32)28-7-3-26(24-36)4-8-28/h1-8,23-24H,9-22H2. The summed E-state index contributed by atoms with van der Waals surface area (Å²) < 4.78 is 10.5. The van der Waals surface area contributed by atoms with Gasteiger partial charge in [0.05, 0.1) is 12.8 Å². The van der Waals surface area contributed by atoms with Gasteiger partial charge in [0.25, 0.3) is 0 Å². The quantitative estimate of drug-likeness (QED) is 0.210. The molecular weight excluding hydrogens is 512 g/mol. The van der Waals surface area contributed by atoms with Crippen LogP contribution in [0.1, 0.15) is 33.6 Å². The molecule has 0 amide bonds. The van der Waals surface area contributed by atoms with Crippen LogP contribution >= 0.6 is 0 Å². The highest BCUT2D eigenvalue weighted by molar-refractivity contribution is 5.76. The highest BCUT2D eigenvalue weighted by Gasteiger charge is 2.19. The van der Waals surface area contributed by atoms with E-state index in [2.05, 4.69) is 19.6 Å². The monoisotopic (exact) mass is 550 g/mol. The zero-order valence-corrected chi connectivity index (χ0v) is 22.9. The molecular formula is C30H38N4O6. The number of rotatable bonds is 13. The van der Waals surface area contributed by atoms with Gasteiger partial charge in [0.2, 0.25) is 0 Å². The van der Waals surface area contributed by atoms with E-state index >= 15 is 0 Å². The number of anilines is 2. The number of nitrogens with zero attached hydrogens (tertiary/aromatic N) is 4.